The van der Waals surface area contributed by atoms with Crippen molar-refractivity contribution in [3.05, 3.63) is 63.1 Å². The molecule has 2 aromatic carbocycles. The van der Waals surface area contributed by atoms with Gasteiger partial charge in [0.15, 0.2) is 0 Å². The van der Waals surface area contributed by atoms with E-state index in [9.17, 15) is 0 Å². The molecule has 0 aliphatic carbocycles. The van der Waals surface area contributed by atoms with E-state index in [0.29, 0.717) is 10.9 Å². The lowest BCUT2D eigenvalue weighted by molar-refractivity contribution is 0.295. The molecule has 0 aromatic heterocycles. The molecule has 0 saturated heterocycles. The van der Waals surface area contributed by atoms with Gasteiger partial charge in [0.1, 0.15) is 0 Å². The van der Waals surface area contributed by atoms with Gasteiger partial charge in [-0.05, 0) is 67.0 Å². The molecule has 1 N–H and O–H groups in total. The number of fused-ring (bicyclic) bond motifs is 1. The monoisotopic (exact) mass is 352 g/mol. The van der Waals surface area contributed by atoms with E-state index < -0.39 is 0 Å². The molecule has 116 valence electrons. The van der Waals surface area contributed by atoms with Crippen molar-refractivity contribution >= 4 is 35.1 Å². The van der Waals surface area contributed by atoms with E-state index in [4.69, 9.17) is 23.2 Å². The van der Waals surface area contributed by atoms with Crippen molar-refractivity contribution in [1.29, 1.82) is 0 Å². The molecular formula is C17H18Cl2N2S. The van der Waals surface area contributed by atoms with Crippen molar-refractivity contribution in [1.82, 2.24) is 9.62 Å². The lowest BCUT2D eigenvalue weighted by Crippen LogP contribution is -2.31. The third-order valence-electron chi connectivity index (χ3n) is 3.99. The van der Waals surface area contributed by atoms with Crippen molar-refractivity contribution in [2.75, 3.05) is 20.6 Å². The summed E-state index contributed by atoms with van der Waals surface area (Å²) in [4.78, 5) is 3.52. The first-order valence-electron chi connectivity index (χ1n) is 7.18. The Kier molecular flexibility index (Phi) is 5.00. The molecule has 0 fully saturated rings. The Morgan fingerprint density at radius 3 is 2.59 bits per heavy atom. The number of halogens is 2. The van der Waals surface area contributed by atoms with Gasteiger partial charge >= 0.3 is 0 Å². The topological polar surface area (TPSA) is 15.3 Å². The summed E-state index contributed by atoms with van der Waals surface area (Å²) < 4.78 is 3.09. The fourth-order valence-electron chi connectivity index (χ4n) is 3.02. The largest absolute Gasteiger partial charge is 0.301 e. The predicted molar refractivity (Wildman–Crippen MR) is 96.0 cm³/mol. The first-order valence-corrected chi connectivity index (χ1v) is 8.75. The number of likely N-dealkylation sites (N-methyl/N-ethyl adjacent to an activating group) is 1. The Hall–Kier alpha value is -0.710. The van der Waals surface area contributed by atoms with Gasteiger partial charge in [-0.1, -0.05) is 35.3 Å². The molecule has 22 heavy (non-hydrogen) atoms. The van der Waals surface area contributed by atoms with Crippen LogP contribution in [0.4, 0.5) is 0 Å². The van der Waals surface area contributed by atoms with Crippen molar-refractivity contribution in [3.8, 4) is 0 Å². The quantitative estimate of drug-likeness (QED) is 0.798. The highest BCUT2D eigenvalue weighted by Gasteiger charge is 2.26. The summed E-state index contributed by atoms with van der Waals surface area (Å²) in [5, 5.41) is 1.47. The normalized spacial score (nSPS) is 18.3. The molecule has 1 aliphatic rings. The van der Waals surface area contributed by atoms with Gasteiger partial charge in [0.05, 0.1) is 0 Å². The van der Waals surface area contributed by atoms with Gasteiger partial charge in [0.25, 0.3) is 0 Å². The molecule has 1 aliphatic heterocycles. The minimum Gasteiger partial charge on any atom is -0.301 e. The fourth-order valence-corrected chi connectivity index (χ4v) is 4.09. The Morgan fingerprint density at radius 2 is 1.91 bits per heavy atom. The molecular weight excluding hydrogens is 335 g/mol. The predicted octanol–water partition coefficient (Wildman–Crippen LogP) is 4.80. The van der Waals surface area contributed by atoms with Crippen molar-refractivity contribution in [3.63, 3.8) is 0 Å². The van der Waals surface area contributed by atoms with Crippen LogP contribution in [0.2, 0.25) is 10.0 Å². The van der Waals surface area contributed by atoms with Crippen molar-refractivity contribution in [2.45, 2.75) is 17.4 Å². The minimum atomic E-state index is 0.304. The van der Waals surface area contributed by atoms with Gasteiger partial charge in [-0.2, -0.15) is 0 Å². The van der Waals surface area contributed by atoms with Crippen LogP contribution in [0, 0.1) is 0 Å². The van der Waals surface area contributed by atoms with Crippen LogP contribution >= 0.6 is 35.1 Å². The van der Waals surface area contributed by atoms with Crippen LogP contribution in [0.15, 0.2) is 41.3 Å². The van der Waals surface area contributed by atoms with Crippen molar-refractivity contribution in [2.24, 2.45) is 0 Å². The van der Waals surface area contributed by atoms with E-state index >= 15 is 0 Å². The number of nitrogens with one attached hydrogen (secondary N) is 1. The summed E-state index contributed by atoms with van der Waals surface area (Å²) in [5.41, 5.74) is 3.75. The molecule has 1 unspecified atom stereocenters. The first-order chi connectivity index (χ1) is 10.6. The summed E-state index contributed by atoms with van der Waals surface area (Å²) in [6.07, 6.45) is 0. The number of rotatable bonds is 3. The van der Waals surface area contributed by atoms with E-state index in [1.54, 1.807) is 11.9 Å². The van der Waals surface area contributed by atoms with Crippen LogP contribution in [-0.2, 0) is 6.54 Å². The van der Waals surface area contributed by atoms with Crippen LogP contribution in [-0.4, -0.2) is 25.5 Å². The molecule has 0 bridgehead atoms. The molecule has 0 radical (unpaired) electrons. The average Bonchev–Trinajstić information content (AvgIpc) is 2.49. The highest BCUT2D eigenvalue weighted by molar-refractivity contribution is 7.97. The molecule has 3 rings (SSSR count). The number of benzene rings is 2. The number of hydrogen-bond donors (Lipinski definition) is 1. The lowest BCUT2D eigenvalue weighted by Gasteiger charge is -2.33. The number of hydrogen-bond acceptors (Lipinski definition) is 3. The van der Waals surface area contributed by atoms with Crippen molar-refractivity contribution < 1.29 is 0 Å². The fraction of sp³-hybridized carbons (Fsp3) is 0.294. The van der Waals surface area contributed by atoms with Crippen LogP contribution in [0.5, 0.6) is 0 Å². The molecule has 0 saturated carbocycles. The first kappa shape index (κ1) is 16.2. The second kappa shape index (κ2) is 6.81. The van der Waals surface area contributed by atoms with Crippen LogP contribution in [0.25, 0.3) is 0 Å². The molecule has 1 heterocycles. The highest BCUT2D eigenvalue weighted by Crippen LogP contribution is 2.38. The maximum atomic E-state index is 6.41. The summed E-state index contributed by atoms with van der Waals surface area (Å²) in [6, 6.07) is 12.6. The Labute approximate surface area is 145 Å². The molecule has 2 nitrogen and oxygen atoms in total. The van der Waals surface area contributed by atoms with Gasteiger partial charge in [0, 0.05) is 33.9 Å². The average molecular weight is 353 g/mol. The Balaban J connectivity index is 2.01. The van der Waals surface area contributed by atoms with Gasteiger partial charge in [0.2, 0.25) is 0 Å². The maximum Gasteiger partial charge on any atom is 0.0468 e. The Morgan fingerprint density at radius 1 is 1.18 bits per heavy atom. The molecule has 5 heteroatoms. The van der Waals surface area contributed by atoms with Crippen LogP contribution in [0.3, 0.4) is 0 Å². The van der Waals surface area contributed by atoms with Gasteiger partial charge < -0.3 is 4.90 Å². The summed E-state index contributed by atoms with van der Waals surface area (Å²) in [7, 11) is 4.06. The van der Waals surface area contributed by atoms with E-state index in [2.05, 4.69) is 47.0 Å². The van der Waals surface area contributed by atoms with Gasteiger partial charge in [-0.15, -0.1) is 0 Å². The van der Waals surface area contributed by atoms with E-state index in [1.165, 1.54) is 21.6 Å². The zero-order valence-corrected chi connectivity index (χ0v) is 14.9. The third-order valence-corrected chi connectivity index (χ3v) is 5.26. The zero-order valence-electron chi connectivity index (χ0n) is 12.6. The van der Waals surface area contributed by atoms with Crippen LogP contribution < -0.4 is 4.72 Å². The second-order valence-electron chi connectivity index (χ2n) is 5.58. The van der Waals surface area contributed by atoms with E-state index in [0.717, 1.165) is 18.1 Å². The maximum absolute atomic E-state index is 6.41. The highest BCUT2D eigenvalue weighted by atomic mass is 35.5. The minimum absolute atomic E-state index is 0.304. The molecule has 0 spiro atoms. The van der Waals surface area contributed by atoms with Crippen LogP contribution in [0.1, 0.15) is 22.6 Å². The molecule has 1 atom stereocenters. The molecule has 2 aromatic rings. The second-order valence-corrected chi connectivity index (χ2v) is 7.51. The summed E-state index contributed by atoms with van der Waals surface area (Å²) >= 11 is 14.3. The third kappa shape index (κ3) is 3.29. The van der Waals surface area contributed by atoms with E-state index in [-0.39, 0.29) is 0 Å². The zero-order chi connectivity index (χ0) is 15.7. The molecule has 0 amide bonds. The lowest BCUT2D eigenvalue weighted by atomic mass is 9.85. The van der Waals surface area contributed by atoms with E-state index in [1.807, 2.05) is 13.1 Å². The summed E-state index contributed by atoms with van der Waals surface area (Å²) in [5.74, 6) is 0.304. The van der Waals surface area contributed by atoms with Gasteiger partial charge in [-0.3, -0.25) is 4.72 Å². The standard InChI is InChI=1S/C17H18Cl2N2S/c1-20-22-13-5-3-11(4-6-13)15-9-21(2)10-16-14(15)7-12(18)8-17(16)19/h3-8,15,20H,9-10H2,1-2H3. The van der Waals surface area contributed by atoms with Gasteiger partial charge in [-0.25, -0.2) is 0 Å². The smallest absolute Gasteiger partial charge is 0.0468 e. The SMILES string of the molecule is CNSc1ccc(C2CN(C)Cc3c(Cl)cc(Cl)cc32)cc1. The number of nitrogens with zero attached hydrogens (tertiary/aromatic N) is 1. The Bertz CT molecular complexity index is 673. The summed E-state index contributed by atoms with van der Waals surface area (Å²) in [6.45, 7) is 1.84.